The Morgan fingerprint density at radius 1 is 1.11 bits per heavy atom. The Morgan fingerprint density at radius 2 is 1.79 bits per heavy atom. The van der Waals surface area contributed by atoms with Gasteiger partial charge in [-0.3, -0.25) is 0 Å². The van der Waals surface area contributed by atoms with E-state index in [2.05, 4.69) is 10.3 Å². The molecule has 146 valence electrons. The Morgan fingerprint density at radius 3 is 2.39 bits per heavy atom. The predicted molar refractivity (Wildman–Crippen MR) is 106 cm³/mol. The van der Waals surface area contributed by atoms with Gasteiger partial charge >= 0.3 is 5.97 Å². The monoisotopic (exact) mass is 418 g/mol. The van der Waals surface area contributed by atoms with Gasteiger partial charge in [-0.25, -0.2) is 18.2 Å². The summed E-state index contributed by atoms with van der Waals surface area (Å²) in [7, 11) is -2.35. The quantitative estimate of drug-likeness (QED) is 0.581. The number of carbonyl (C=O) groups excluding carboxylic acids is 1. The molecule has 0 aliphatic carbocycles. The molecule has 28 heavy (non-hydrogen) atoms. The molecule has 0 saturated heterocycles. The van der Waals surface area contributed by atoms with Crippen molar-refractivity contribution in [3.8, 4) is 5.75 Å². The summed E-state index contributed by atoms with van der Waals surface area (Å²) in [5.74, 6) is -0.0970. The lowest BCUT2D eigenvalue weighted by Gasteiger charge is -2.04. The van der Waals surface area contributed by atoms with E-state index in [1.165, 1.54) is 12.1 Å². The van der Waals surface area contributed by atoms with Crippen LogP contribution in [0.15, 0.2) is 63.7 Å². The van der Waals surface area contributed by atoms with Crippen molar-refractivity contribution < 1.29 is 22.7 Å². The van der Waals surface area contributed by atoms with Crippen LogP contribution in [-0.2, 0) is 14.6 Å². The van der Waals surface area contributed by atoms with Gasteiger partial charge in [0.15, 0.2) is 15.0 Å². The van der Waals surface area contributed by atoms with Crippen LogP contribution in [0.25, 0.3) is 0 Å². The Labute approximate surface area is 166 Å². The maximum Gasteiger partial charge on any atom is 0.359 e. The van der Waals surface area contributed by atoms with Crippen molar-refractivity contribution in [1.82, 2.24) is 4.98 Å². The molecule has 3 rings (SSSR count). The topological polar surface area (TPSA) is 94.6 Å². The average molecular weight is 418 g/mol. The number of sulfone groups is 1. The third kappa shape index (κ3) is 4.15. The fourth-order valence-electron chi connectivity index (χ4n) is 2.37. The molecule has 7 nitrogen and oxygen atoms in total. The number of thiazole rings is 1. The Kier molecular flexibility index (Phi) is 5.96. The molecule has 9 heteroatoms. The van der Waals surface area contributed by atoms with E-state index in [0.29, 0.717) is 11.4 Å². The van der Waals surface area contributed by atoms with Crippen molar-refractivity contribution in [2.24, 2.45) is 0 Å². The van der Waals surface area contributed by atoms with E-state index in [0.717, 1.165) is 11.3 Å². The second-order valence-electron chi connectivity index (χ2n) is 5.55. The SMILES string of the molecule is CCOC(=O)c1nc(Nc2ccc(OC)cc2)sc1S(=O)(=O)c1ccccc1. The molecule has 0 fully saturated rings. The van der Waals surface area contributed by atoms with Crippen molar-refractivity contribution in [1.29, 1.82) is 0 Å². The van der Waals surface area contributed by atoms with Gasteiger partial charge in [0, 0.05) is 5.69 Å². The fraction of sp³-hybridized carbons (Fsp3) is 0.158. The predicted octanol–water partition coefficient (Wildman–Crippen LogP) is 3.90. The molecule has 0 bridgehead atoms. The highest BCUT2D eigenvalue weighted by Gasteiger charge is 2.30. The number of nitrogens with one attached hydrogen (secondary N) is 1. The summed E-state index contributed by atoms with van der Waals surface area (Å²) < 4.78 is 36.0. The summed E-state index contributed by atoms with van der Waals surface area (Å²) in [6.45, 7) is 1.76. The molecule has 1 N–H and O–H groups in total. The number of ether oxygens (including phenoxy) is 2. The lowest BCUT2D eigenvalue weighted by atomic mass is 10.3. The van der Waals surface area contributed by atoms with Gasteiger partial charge in [-0.15, -0.1) is 0 Å². The van der Waals surface area contributed by atoms with Gasteiger partial charge in [-0.2, -0.15) is 0 Å². The molecule has 2 aromatic carbocycles. The molecule has 0 unspecified atom stereocenters. The first kappa shape index (κ1) is 19.8. The smallest absolute Gasteiger partial charge is 0.359 e. The molecule has 0 radical (unpaired) electrons. The number of anilines is 2. The van der Waals surface area contributed by atoms with Crippen molar-refractivity contribution in [2.45, 2.75) is 16.0 Å². The van der Waals surface area contributed by atoms with Gasteiger partial charge in [0.25, 0.3) is 0 Å². The van der Waals surface area contributed by atoms with E-state index in [1.807, 2.05) is 0 Å². The van der Waals surface area contributed by atoms with E-state index in [1.54, 1.807) is 56.5 Å². The third-order valence-corrected chi connectivity index (χ3v) is 6.95. The minimum Gasteiger partial charge on any atom is -0.497 e. The molecule has 1 heterocycles. The Hall–Kier alpha value is -2.91. The number of esters is 1. The molecule has 1 aromatic heterocycles. The van der Waals surface area contributed by atoms with E-state index >= 15 is 0 Å². The molecule has 0 atom stereocenters. The highest BCUT2D eigenvalue weighted by atomic mass is 32.2. The van der Waals surface area contributed by atoms with E-state index < -0.39 is 15.8 Å². The molecule has 0 spiro atoms. The van der Waals surface area contributed by atoms with Gasteiger partial charge in [-0.05, 0) is 43.3 Å². The van der Waals surface area contributed by atoms with Crippen LogP contribution in [0.4, 0.5) is 10.8 Å². The first-order valence-corrected chi connectivity index (χ1v) is 10.6. The first-order chi connectivity index (χ1) is 13.5. The number of methoxy groups -OCH3 is 1. The van der Waals surface area contributed by atoms with Gasteiger partial charge in [0.1, 0.15) is 5.75 Å². The van der Waals surface area contributed by atoms with Gasteiger partial charge in [-0.1, -0.05) is 29.5 Å². The maximum atomic E-state index is 13.0. The van der Waals surface area contributed by atoms with E-state index in [4.69, 9.17) is 9.47 Å². The largest absolute Gasteiger partial charge is 0.497 e. The first-order valence-electron chi connectivity index (χ1n) is 8.35. The molecule has 0 aliphatic heterocycles. The van der Waals surface area contributed by atoms with Gasteiger partial charge in [0.05, 0.1) is 18.6 Å². The molecular formula is C19H18N2O5S2. The number of rotatable bonds is 7. The molecular weight excluding hydrogens is 400 g/mol. The van der Waals surface area contributed by atoms with Crippen molar-refractivity contribution >= 4 is 38.0 Å². The van der Waals surface area contributed by atoms with Gasteiger partial charge in [0.2, 0.25) is 9.84 Å². The molecule has 0 aliphatic rings. The van der Waals surface area contributed by atoms with Crippen LogP contribution in [0, 0.1) is 0 Å². The van der Waals surface area contributed by atoms with Crippen molar-refractivity contribution in [2.75, 3.05) is 19.0 Å². The van der Waals surface area contributed by atoms with Crippen LogP contribution in [0.3, 0.4) is 0 Å². The minimum atomic E-state index is -3.92. The summed E-state index contributed by atoms with van der Waals surface area (Å²) in [5.41, 5.74) is 0.445. The van der Waals surface area contributed by atoms with E-state index in [9.17, 15) is 13.2 Å². The second-order valence-corrected chi connectivity index (χ2v) is 8.69. The van der Waals surface area contributed by atoms with Crippen LogP contribution in [-0.4, -0.2) is 33.1 Å². The Bertz CT molecular complexity index is 1060. The number of benzene rings is 2. The van der Waals surface area contributed by atoms with Crippen LogP contribution >= 0.6 is 11.3 Å². The standard InChI is InChI=1S/C19H18N2O5S2/c1-3-26-17(22)16-18(28(23,24)15-7-5-4-6-8-15)27-19(21-16)20-13-9-11-14(25-2)12-10-13/h4-12H,3H2,1-2H3,(H,20,21). The van der Waals surface area contributed by atoms with E-state index in [-0.39, 0.29) is 26.5 Å². The Balaban J connectivity index is 2.02. The zero-order valence-corrected chi connectivity index (χ0v) is 16.8. The number of aromatic nitrogens is 1. The number of hydrogen-bond donors (Lipinski definition) is 1. The normalized spacial score (nSPS) is 11.1. The summed E-state index contributed by atoms with van der Waals surface area (Å²) in [5, 5.41) is 3.28. The average Bonchev–Trinajstić information content (AvgIpc) is 3.14. The maximum absolute atomic E-state index is 13.0. The number of carbonyl (C=O) groups is 1. The highest BCUT2D eigenvalue weighted by molar-refractivity contribution is 7.93. The lowest BCUT2D eigenvalue weighted by molar-refractivity contribution is 0.0516. The third-order valence-electron chi connectivity index (χ3n) is 3.70. The highest BCUT2D eigenvalue weighted by Crippen LogP contribution is 2.34. The number of nitrogens with zero attached hydrogens (tertiary/aromatic N) is 1. The summed E-state index contributed by atoms with van der Waals surface area (Å²) in [4.78, 5) is 16.6. The molecule has 0 amide bonds. The zero-order valence-electron chi connectivity index (χ0n) is 15.2. The molecule has 3 aromatic rings. The number of hydrogen-bond acceptors (Lipinski definition) is 8. The summed E-state index contributed by atoms with van der Waals surface area (Å²) in [6.07, 6.45) is 0. The van der Waals surface area contributed by atoms with Gasteiger partial charge < -0.3 is 14.8 Å². The summed E-state index contributed by atoms with van der Waals surface area (Å²) >= 11 is 0.878. The van der Waals surface area contributed by atoms with Crippen LogP contribution in [0.2, 0.25) is 0 Å². The fourth-order valence-corrected chi connectivity index (χ4v) is 5.16. The lowest BCUT2D eigenvalue weighted by Crippen LogP contribution is -2.11. The van der Waals surface area contributed by atoms with Crippen LogP contribution in [0.5, 0.6) is 5.75 Å². The second kappa shape index (κ2) is 8.41. The van der Waals surface area contributed by atoms with Crippen LogP contribution in [0.1, 0.15) is 17.4 Å². The molecule has 0 saturated carbocycles. The van der Waals surface area contributed by atoms with Crippen molar-refractivity contribution in [3.05, 3.63) is 60.3 Å². The zero-order chi connectivity index (χ0) is 20.1. The van der Waals surface area contributed by atoms with Crippen molar-refractivity contribution in [3.63, 3.8) is 0 Å². The minimum absolute atomic E-state index is 0.0835. The van der Waals surface area contributed by atoms with Crippen LogP contribution < -0.4 is 10.1 Å². The summed E-state index contributed by atoms with van der Waals surface area (Å²) in [6, 6.07) is 14.9.